The zero-order valence-electron chi connectivity index (χ0n) is 18.0. The molecule has 1 aromatic heterocycles. The maximum absolute atomic E-state index is 3.55. The second kappa shape index (κ2) is 9.03. The molecular weight excluding hydrogens is 439 g/mol. The van der Waals surface area contributed by atoms with Gasteiger partial charge in [0.15, 0.2) is 0 Å². The van der Waals surface area contributed by atoms with Crippen molar-refractivity contribution in [1.29, 1.82) is 0 Å². The van der Waals surface area contributed by atoms with Crippen LogP contribution in [-0.4, -0.2) is 4.57 Å². The van der Waals surface area contributed by atoms with Crippen LogP contribution in [0, 0.1) is 0 Å². The van der Waals surface area contributed by atoms with E-state index in [0.29, 0.717) is 0 Å². The quantitative estimate of drug-likeness (QED) is 0.280. The fourth-order valence-corrected chi connectivity index (χ4v) is 4.47. The van der Waals surface area contributed by atoms with E-state index in [4.69, 9.17) is 0 Å². The second-order valence-electron chi connectivity index (χ2n) is 7.99. The van der Waals surface area contributed by atoms with E-state index >= 15 is 0 Å². The minimum absolute atomic E-state index is 0. The number of nitrogens with zero attached hydrogens (tertiary/aromatic N) is 1. The normalized spacial score (nSPS) is 10.8. The Morgan fingerprint density at radius 1 is 0.455 bits per heavy atom. The molecule has 2 nitrogen and oxygen atoms in total. The number of hydrogen-bond acceptors (Lipinski definition) is 1. The third-order valence-electron chi connectivity index (χ3n) is 5.96. The predicted octanol–water partition coefficient (Wildman–Crippen LogP) is 8.19. The minimum Gasteiger partial charge on any atom is -0.356 e. The van der Waals surface area contributed by atoms with Gasteiger partial charge in [-0.05, 0) is 59.7 Å². The summed E-state index contributed by atoms with van der Waals surface area (Å²) in [6.45, 7) is 0. The van der Waals surface area contributed by atoms with Crippen LogP contribution in [0.3, 0.4) is 0 Å². The number of benzene rings is 5. The van der Waals surface area contributed by atoms with Crippen LogP contribution < -0.4 is 5.32 Å². The minimum atomic E-state index is 0. The molecule has 33 heavy (non-hydrogen) atoms. The fourth-order valence-electron chi connectivity index (χ4n) is 4.47. The van der Waals surface area contributed by atoms with Gasteiger partial charge in [-0.3, -0.25) is 0 Å². The zero-order chi connectivity index (χ0) is 21.3. The molecule has 6 aromatic rings. The van der Waals surface area contributed by atoms with E-state index in [1.807, 2.05) is 6.07 Å². The third-order valence-corrected chi connectivity index (χ3v) is 5.96. The van der Waals surface area contributed by atoms with Crippen molar-refractivity contribution in [3.63, 3.8) is 0 Å². The molecule has 5 aromatic carbocycles. The van der Waals surface area contributed by atoms with Crippen LogP contribution in [0.5, 0.6) is 0 Å². The van der Waals surface area contributed by atoms with Gasteiger partial charge in [-0.1, -0.05) is 78.9 Å². The molecule has 0 aliphatic carbocycles. The molecule has 0 spiro atoms. The first-order valence-corrected chi connectivity index (χ1v) is 10.9. The number of fused-ring (bicyclic) bond motifs is 3. The summed E-state index contributed by atoms with van der Waals surface area (Å²) in [6.07, 6.45) is 0. The van der Waals surface area contributed by atoms with E-state index < -0.39 is 0 Å². The van der Waals surface area contributed by atoms with Gasteiger partial charge in [-0.2, -0.15) is 0 Å². The zero-order valence-corrected chi connectivity index (χ0v) is 19.4. The van der Waals surface area contributed by atoms with Gasteiger partial charge >= 0.3 is 0 Å². The van der Waals surface area contributed by atoms with Crippen LogP contribution in [0.4, 0.5) is 11.4 Å². The number of anilines is 2. The molecule has 1 N–H and O–H groups in total. The number of rotatable bonds is 4. The van der Waals surface area contributed by atoms with Crippen LogP contribution in [0.1, 0.15) is 0 Å². The van der Waals surface area contributed by atoms with Crippen molar-refractivity contribution in [2.24, 2.45) is 0 Å². The van der Waals surface area contributed by atoms with Gasteiger partial charge in [0.2, 0.25) is 0 Å². The molecule has 1 radical (unpaired) electrons. The molecular formula is C30H22N2V. The number of nitrogens with one attached hydrogen (secondary N) is 1. The molecule has 1 heterocycles. The predicted molar refractivity (Wildman–Crippen MR) is 136 cm³/mol. The number of aromatic nitrogens is 1. The third kappa shape index (κ3) is 3.96. The SMILES string of the molecule is [V].c1ccc(-c2cccc(Nc3ccc(-n4c5ccccc5c5ccccc54)cc3)c2)cc1. The van der Waals surface area contributed by atoms with E-state index in [1.54, 1.807) is 0 Å². The van der Waals surface area contributed by atoms with Crippen molar-refractivity contribution in [2.75, 3.05) is 5.32 Å². The van der Waals surface area contributed by atoms with Crippen LogP contribution in [0.25, 0.3) is 38.6 Å². The molecule has 3 heteroatoms. The van der Waals surface area contributed by atoms with E-state index in [-0.39, 0.29) is 18.6 Å². The summed E-state index contributed by atoms with van der Waals surface area (Å²) in [6, 6.07) is 44.9. The topological polar surface area (TPSA) is 17.0 Å². The fraction of sp³-hybridized carbons (Fsp3) is 0. The maximum Gasteiger partial charge on any atom is 0.0541 e. The Bertz CT molecular complexity index is 1480. The van der Waals surface area contributed by atoms with Gasteiger partial charge in [0.05, 0.1) is 11.0 Å². The van der Waals surface area contributed by atoms with Crippen molar-refractivity contribution in [3.8, 4) is 16.8 Å². The molecule has 0 saturated heterocycles. The summed E-state index contributed by atoms with van der Waals surface area (Å²) in [7, 11) is 0. The van der Waals surface area contributed by atoms with Crippen molar-refractivity contribution < 1.29 is 18.6 Å². The summed E-state index contributed by atoms with van der Waals surface area (Å²) in [4.78, 5) is 0. The van der Waals surface area contributed by atoms with Gasteiger partial charge in [-0.15, -0.1) is 0 Å². The molecule has 0 bridgehead atoms. The Morgan fingerprint density at radius 3 is 1.70 bits per heavy atom. The van der Waals surface area contributed by atoms with E-state index in [0.717, 1.165) is 17.1 Å². The average Bonchev–Trinajstić information content (AvgIpc) is 3.20. The Labute approximate surface area is 205 Å². The summed E-state index contributed by atoms with van der Waals surface area (Å²) in [5.74, 6) is 0. The van der Waals surface area contributed by atoms with Crippen LogP contribution >= 0.6 is 0 Å². The molecule has 0 unspecified atom stereocenters. The largest absolute Gasteiger partial charge is 0.356 e. The maximum atomic E-state index is 3.55. The first-order chi connectivity index (χ1) is 15.9. The molecule has 6 rings (SSSR count). The van der Waals surface area contributed by atoms with Crippen molar-refractivity contribution in [3.05, 3.63) is 127 Å². The first kappa shape index (κ1) is 21.1. The van der Waals surface area contributed by atoms with Gasteiger partial charge in [0.25, 0.3) is 0 Å². The summed E-state index contributed by atoms with van der Waals surface area (Å²) in [5.41, 5.74) is 8.19. The molecule has 0 atom stereocenters. The molecule has 0 fully saturated rings. The Morgan fingerprint density at radius 2 is 1.03 bits per heavy atom. The number of hydrogen-bond donors (Lipinski definition) is 1. The molecule has 0 amide bonds. The van der Waals surface area contributed by atoms with Gasteiger partial charge < -0.3 is 9.88 Å². The molecule has 0 aliphatic rings. The first-order valence-electron chi connectivity index (χ1n) is 10.9. The van der Waals surface area contributed by atoms with Crippen LogP contribution in [-0.2, 0) is 18.6 Å². The molecule has 157 valence electrons. The average molecular weight is 461 g/mol. The second-order valence-corrected chi connectivity index (χ2v) is 7.99. The number of para-hydroxylation sites is 2. The van der Waals surface area contributed by atoms with Crippen molar-refractivity contribution in [2.45, 2.75) is 0 Å². The van der Waals surface area contributed by atoms with Gasteiger partial charge in [0, 0.05) is 46.4 Å². The Kier molecular flexibility index (Phi) is 5.79. The molecule has 0 aliphatic heterocycles. The van der Waals surface area contributed by atoms with Crippen LogP contribution in [0.2, 0.25) is 0 Å². The van der Waals surface area contributed by atoms with Gasteiger partial charge in [-0.25, -0.2) is 0 Å². The summed E-state index contributed by atoms with van der Waals surface area (Å²) >= 11 is 0. The smallest absolute Gasteiger partial charge is 0.0541 e. The summed E-state index contributed by atoms with van der Waals surface area (Å²) < 4.78 is 2.34. The van der Waals surface area contributed by atoms with E-state index in [1.165, 1.54) is 32.9 Å². The monoisotopic (exact) mass is 461 g/mol. The van der Waals surface area contributed by atoms with Gasteiger partial charge in [0.1, 0.15) is 0 Å². The summed E-state index contributed by atoms with van der Waals surface area (Å²) in [5, 5.41) is 6.11. The molecule has 0 saturated carbocycles. The standard InChI is InChI=1S/C30H22N2.V/c1-2-9-22(10-3-1)23-11-8-12-25(21-23)31-24-17-19-26(20-18-24)32-29-15-6-4-13-27(29)28-14-5-7-16-30(28)32;/h1-21,31H;. The van der Waals surface area contributed by atoms with Crippen LogP contribution in [0.15, 0.2) is 127 Å². The Balaban J connectivity index is 0.00000228. The van der Waals surface area contributed by atoms with E-state index in [2.05, 4.69) is 131 Å². The van der Waals surface area contributed by atoms with E-state index in [9.17, 15) is 0 Å². The Hall–Kier alpha value is -3.72. The van der Waals surface area contributed by atoms with Crippen molar-refractivity contribution in [1.82, 2.24) is 4.57 Å². The van der Waals surface area contributed by atoms with Crippen molar-refractivity contribution >= 4 is 33.2 Å².